The van der Waals surface area contributed by atoms with Gasteiger partial charge in [-0.2, -0.15) is 0 Å². The molecule has 4 nitrogen and oxygen atoms in total. The summed E-state index contributed by atoms with van der Waals surface area (Å²) in [4.78, 5) is 0.187. The molecule has 2 aromatic carbocycles. The average Bonchev–Trinajstić information content (AvgIpc) is 2.66. The zero-order valence-electron chi connectivity index (χ0n) is 15.7. The third-order valence-corrected chi connectivity index (χ3v) is 6.38. The van der Waals surface area contributed by atoms with E-state index in [2.05, 4.69) is 17.0 Å². The lowest BCUT2D eigenvalue weighted by molar-refractivity contribution is 0.459. The molecule has 0 bridgehead atoms. The van der Waals surface area contributed by atoms with Gasteiger partial charge in [0.15, 0.2) is 0 Å². The summed E-state index contributed by atoms with van der Waals surface area (Å²) < 4.78 is 40.3. The van der Waals surface area contributed by atoms with Gasteiger partial charge in [0.05, 0.1) is 11.6 Å². The molecule has 1 aliphatic rings. The van der Waals surface area contributed by atoms with Crippen molar-refractivity contribution in [3.8, 4) is 0 Å². The van der Waals surface area contributed by atoms with Crippen LogP contribution >= 0.6 is 0 Å². The summed E-state index contributed by atoms with van der Waals surface area (Å²) in [5, 5.41) is 3.57. The normalized spacial score (nSPS) is 16.7. The van der Waals surface area contributed by atoms with E-state index in [1.165, 1.54) is 23.3 Å². The first kappa shape index (κ1) is 19.8. The minimum absolute atomic E-state index is 0.187. The van der Waals surface area contributed by atoms with E-state index in [0.29, 0.717) is 18.2 Å². The molecule has 0 amide bonds. The average molecular weight is 391 g/mol. The minimum atomic E-state index is -3.65. The molecule has 6 heteroatoms. The van der Waals surface area contributed by atoms with Crippen LogP contribution in [-0.2, 0) is 29.3 Å². The maximum absolute atomic E-state index is 12.6. The summed E-state index contributed by atoms with van der Waals surface area (Å²) in [6, 6.07) is 12.7. The van der Waals surface area contributed by atoms with Crippen molar-refractivity contribution in [1.82, 2.24) is 5.32 Å². The van der Waals surface area contributed by atoms with Crippen molar-refractivity contribution in [1.29, 1.82) is 0 Å². The number of aryl methyl sites for hydroxylation is 2. The van der Waals surface area contributed by atoms with E-state index in [1.54, 1.807) is 12.1 Å². The van der Waals surface area contributed by atoms with Crippen molar-refractivity contribution in [2.24, 2.45) is 0 Å². The van der Waals surface area contributed by atoms with Crippen LogP contribution in [0.15, 0.2) is 47.4 Å². The van der Waals surface area contributed by atoms with Crippen molar-refractivity contribution >= 4 is 15.7 Å². The molecule has 146 valence electrons. The molecule has 0 saturated carbocycles. The Morgan fingerprint density at radius 2 is 1.89 bits per heavy atom. The highest BCUT2D eigenvalue weighted by molar-refractivity contribution is 7.92. The fraction of sp³-hybridized carbons (Fsp3) is 0.429. The summed E-state index contributed by atoms with van der Waals surface area (Å²) in [6.45, 7) is 2.74. The zero-order valence-corrected chi connectivity index (χ0v) is 16.5. The van der Waals surface area contributed by atoms with Crippen LogP contribution in [0.2, 0.25) is 0 Å². The number of halogens is 1. The number of alkyl halides is 1. The second kappa shape index (κ2) is 8.85. The van der Waals surface area contributed by atoms with E-state index < -0.39 is 16.7 Å². The van der Waals surface area contributed by atoms with E-state index >= 15 is 0 Å². The molecule has 0 aromatic heterocycles. The highest BCUT2D eigenvalue weighted by Crippen LogP contribution is 2.26. The lowest BCUT2D eigenvalue weighted by Crippen LogP contribution is -2.35. The number of nitrogens with one attached hydrogen (secondary N) is 2. The van der Waals surface area contributed by atoms with Crippen molar-refractivity contribution < 1.29 is 12.8 Å². The Bertz CT molecular complexity index is 866. The van der Waals surface area contributed by atoms with E-state index in [1.807, 2.05) is 18.2 Å². The SMILES string of the molecule is CCCN[C@@H]1CCc2cc(NS(=O)(=O)c3ccc(CCF)cc3)ccc2C1. The number of sulfonamides is 1. The summed E-state index contributed by atoms with van der Waals surface area (Å²) >= 11 is 0. The van der Waals surface area contributed by atoms with Gasteiger partial charge < -0.3 is 5.32 Å². The maximum atomic E-state index is 12.6. The molecule has 2 N–H and O–H groups in total. The number of benzene rings is 2. The fourth-order valence-electron chi connectivity index (χ4n) is 3.50. The summed E-state index contributed by atoms with van der Waals surface area (Å²) in [5.41, 5.74) is 3.87. The Kier molecular flexibility index (Phi) is 6.50. The largest absolute Gasteiger partial charge is 0.314 e. The van der Waals surface area contributed by atoms with E-state index in [9.17, 15) is 12.8 Å². The predicted octanol–water partition coefficient (Wildman–Crippen LogP) is 3.86. The van der Waals surface area contributed by atoms with Crippen molar-refractivity contribution in [2.75, 3.05) is 17.9 Å². The number of hydrogen-bond donors (Lipinski definition) is 2. The molecule has 0 heterocycles. The van der Waals surface area contributed by atoms with Gasteiger partial charge in [0.2, 0.25) is 0 Å². The Hall–Kier alpha value is -1.92. The minimum Gasteiger partial charge on any atom is -0.314 e. The first-order valence-corrected chi connectivity index (χ1v) is 11.0. The van der Waals surface area contributed by atoms with Gasteiger partial charge in [-0.3, -0.25) is 9.11 Å². The van der Waals surface area contributed by atoms with E-state index in [0.717, 1.165) is 37.8 Å². The quantitative estimate of drug-likeness (QED) is 0.720. The number of anilines is 1. The lowest BCUT2D eigenvalue weighted by Gasteiger charge is -2.26. The summed E-state index contributed by atoms with van der Waals surface area (Å²) in [5.74, 6) is 0. The van der Waals surface area contributed by atoms with Crippen molar-refractivity contribution in [3.63, 3.8) is 0 Å². The topological polar surface area (TPSA) is 58.2 Å². The van der Waals surface area contributed by atoms with Gasteiger partial charge >= 0.3 is 0 Å². The maximum Gasteiger partial charge on any atom is 0.261 e. The first-order chi connectivity index (χ1) is 13.0. The van der Waals surface area contributed by atoms with Crippen LogP contribution in [0.3, 0.4) is 0 Å². The van der Waals surface area contributed by atoms with Crippen molar-refractivity contribution in [3.05, 3.63) is 59.2 Å². The van der Waals surface area contributed by atoms with Gasteiger partial charge in [-0.05, 0) is 73.2 Å². The third-order valence-electron chi connectivity index (χ3n) is 4.99. The molecule has 27 heavy (non-hydrogen) atoms. The van der Waals surface area contributed by atoms with Crippen LogP contribution in [0.5, 0.6) is 0 Å². The van der Waals surface area contributed by atoms with Gasteiger partial charge in [-0.25, -0.2) is 8.42 Å². The lowest BCUT2D eigenvalue weighted by atomic mass is 9.88. The molecule has 0 spiro atoms. The molecule has 1 aliphatic carbocycles. The van der Waals surface area contributed by atoms with Gasteiger partial charge in [0, 0.05) is 18.2 Å². The number of fused-ring (bicyclic) bond motifs is 1. The highest BCUT2D eigenvalue weighted by atomic mass is 32.2. The summed E-state index contributed by atoms with van der Waals surface area (Å²) in [6.07, 6.45) is 4.42. The smallest absolute Gasteiger partial charge is 0.261 e. The van der Waals surface area contributed by atoms with E-state index in [-0.39, 0.29) is 4.90 Å². The Morgan fingerprint density at radius 3 is 2.59 bits per heavy atom. The zero-order chi connectivity index (χ0) is 19.3. The van der Waals surface area contributed by atoms with Crippen LogP contribution in [0, 0.1) is 0 Å². The monoisotopic (exact) mass is 390 g/mol. The van der Waals surface area contributed by atoms with Crippen LogP contribution in [0.4, 0.5) is 10.1 Å². The van der Waals surface area contributed by atoms with Crippen LogP contribution in [-0.4, -0.2) is 27.7 Å². The second-order valence-corrected chi connectivity index (χ2v) is 8.75. The Balaban J connectivity index is 1.70. The van der Waals surface area contributed by atoms with Crippen LogP contribution in [0.1, 0.15) is 36.5 Å². The summed E-state index contributed by atoms with van der Waals surface area (Å²) in [7, 11) is -3.65. The number of rotatable bonds is 8. The fourth-order valence-corrected chi connectivity index (χ4v) is 4.55. The van der Waals surface area contributed by atoms with Gasteiger partial charge in [-0.15, -0.1) is 0 Å². The van der Waals surface area contributed by atoms with Gasteiger partial charge in [0.1, 0.15) is 0 Å². The standard InChI is InChI=1S/C21H27FN2O2S/c1-2-13-23-19-7-5-18-15-20(8-6-17(18)14-19)24-27(25,26)21-9-3-16(4-10-21)11-12-22/h3-4,6,8-10,15,19,23-24H,2,5,7,11-14H2,1H3/t19-/m1/s1. The number of hydrogen-bond acceptors (Lipinski definition) is 3. The molecule has 0 unspecified atom stereocenters. The first-order valence-electron chi connectivity index (χ1n) is 9.54. The molecule has 0 saturated heterocycles. The third kappa shape index (κ3) is 5.08. The molecule has 0 fully saturated rings. The highest BCUT2D eigenvalue weighted by Gasteiger charge is 2.20. The van der Waals surface area contributed by atoms with Crippen LogP contribution in [0.25, 0.3) is 0 Å². The molecule has 1 atom stereocenters. The van der Waals surface area contributed by atoms with Gasteiger partial charge in [-0.1, -0.05) is 25.1 Å². The molecule has 0 radical (unpaired) electrons. The second-order valence-electron chi connectivity index (χ2n) is 7.07. The van der Waals surface area contributed by atoms with Crippen molar-refractivity contribution in [2.45, 2.75) is 50.0 Å². The van der Waals surface area contributed by atoms with E-state index in [4.69, 9.17) is 0 Å². The molecule has 0 aliphatic heterocycles. The molecular formula is C21H27FN2O2S. The molecule has 3 rings (SSSR count). The molecule has 2 aromatic rings. The Morgan fingerprint density at radius 1 is 1.11 bits per heavy atom. The predicted molar refractivity (Wildman–Crippen MR) is 107 cm³/mol. The molecular weight excluding hydrogens is 363 g/mol. The van der Waals surface area contributed by atoms with Crippen LogP contribution < -0.4 is 10.0 Å². The van der Waals surface area contributed by atoms with Gasteiger partial charge in [0.25, 0.3) is 10.0 Å². The Labute approximate surface area is 161 Å².